The first-order valence-electron chi connectivity index (χ1n) is 6.43. The van der Waals surface area contributed by atoms with E-state index < -0.39 is 17.2 Å². The molecule has 3 N–H and O–H groups in total. The zero-order valence-corrected chi connectivity index (χ0v) is 10.6. The summed E-state index contributed by atoms with van der Waals surface area (Å²) in [5, 5.41) is 9.55. The Morgan fingerprint density at radius 2 is 1.89 bits per heavy atom. The average molecular weight is 273 g/mol. The van der Waals surface area contributed by atoms with Gasteiger partial charge in [0.05, 0.1) is 11.7 Å². The van der Waals surface area contributed by atoms with Gasteiger partial charge in [-0.25, -0.2) is 0 Å². The van der Waals surface area contributed by atoms with Gasteiger partial charge in [0, 0.05) is 12.0 Å². The molecule has 0 aliphatic heterocycles. The lowest BCUT2D eigenvalue weighted by atomic mass is 9.68. The number of alkyl halides is 3. The van der Waals surface area contributed by atoms with Gasteiger partial charge in [-0.15, -0.1) is 0 Å². The molecule has 2 rings (SSSR count). The lowest BCUT2D eigenvalue weighted by Crippen LogP contribution is -2.40. The molecule has 1 aliphatic rings. The second kappa shape index (κ2) is 5.13. The highest BCUT2D eigenvalue weighted by Crippen LogP contribution is 2.40. The van der Waals surface area contributed by atoms with Crippen LogP contribution in [0.3, 0.4) is 0 Å². The van der Waals surface area contributed by atoms with Crippen LogP contribution in [-0.2, 0) is 11.6 Å². The van der Waals surface area contributed by atoms with E-state index in [1.54, 1.807) is 6.07 Å². The molecule has 1 aromatic rings. The zero-order valence-electron chi connectivity index (χ0n) is 10.6. The minimum absolute atomic E-state index is 0.307. The van der Waals surface area contributed by atoms with Crippen molar-refractivity contribution in [2.45, 2.75) is 43.4 Å². The number of nitrogens with two attached hydrogens (primary N) is 1. The van der Waals surface area contributed by atoms with Crippen molar-refractivity contribution in [3.8, 4) is 0 Å². The predicted octanol–water partition coefficient (Wildman–Crippen LogP) is 2.84. The molecule has 0 atom stereocenters. The summed E-state index contributed by atoms with van der Waals surface area (Å²) in [5.74, 6) is 0. The standard InChI is InChI=1S/C14H18F3NO/c15-14(16,17)11-3-1-2-10(8-11)13(9-18)6-4-12(19)5-7-13/h1-3,8,12,19H,4-7,9,18H2. The average Bonchev–Trinajstić information content (AvgIpc) is 2.39. The second-order valence-electron chi connectivity index (χ2n) is 5.29. The molecule has 0 radical (unpaired) electrons. The molecule has 1 aromatic carbocycles. The van der Waals surface area contributed by atoms with Crippen LogP contribution in [0.15, 0.2) is 24.3 Å². The summed E-state index contributed by atoms with van der Waals surface area (Å²) >= 11 is 0. The van der Waals surface area contributed by atoms with Crippen molar-refractivity contribution in [3.63, 3.8) is 0 Å². The summed E-state index contributed by atoms with van der Waals surface area (Å²) in [6.45, 7) is 0.307. The molecule has 2 nitrogen and oxygen atoms in total. The summed E-state index contributed by atoms with van der Waals surface area (Å²) in [5.41, 5.74) is 5.38. The van der Waals surface area contributed by atoms with Gasteiger partial charge in [-0.05, 0) is 37.3 Å². The summed E-state index contributed by atoms with van der Waals surface area (Å²) in [6.07, 6.45) is -2.25. The number of aliphatic hydroxyl groups excluding tert-OH is 1. The van der Waals surface area contributed by atoms with Crippen LogP contribution in [0.4, 0.5) is 13.2 Å². The molecule has 0 aromatic heterocycles. The molecule has 1 saturated carbocycles. The van der Waals surface area contributed by atoms with Gasteiger partial charge in [-0.1, -0.05) is 18.2 Å². The number of rotatable bonds is 2. The lowest BCUT2D eigenvalue weighted by Gasteiger charge is -2.38. The number of hydrogen-bond acceptors (Lipinski definition) is 2. The molecule has 0 amide bonds. The molecule has 0 unspecified atom stereocenters. The van der Waals surface area contributed by atoms with E-state index in [1.165, 1.54) is 12.1 Å². The Morgan fingerprint density at radius 3 is 2.42 bits per heavy atom. The molecular formula is C14H18F3NO. The lowest BCUT2D eigenvalue weighted by molar-refractivity contribution is -0.137. The van der Waals surface area contributed by atoms with Gasteiger partial charge in [-0.2, -0.15) is 13.2 Å². The maximum absolute atomic E-state index is 12.8. The normalized spacial score (nSPS) is 28.4. The fraction of sp³-hybridized carbons (Fsp3) is 0.571. The van der Waals surface area contributed by atoms with Crippen LogP contribution in [0.1, 0.15) is 36.8 Å². The van der Waals surface area contributed by atoms with Crippen LogP contribution in [0, 0.1) is 0 Å². The Hall–Kier alpha value is -1.07. The highest BCUT2D eigenvalue weighted by molar-refractivity contribution is 5.32. The van der Waals surface area contributed by atoms with E-state index in [-0.39, 0.29) is 6.10 Å². The van der Waals surface area contributed by atoms with Crippen molar-refractivity contribution >= 4 is 0 Å². The summed E-state index contributed by atoms with van der Waals surface area (Å²) in [7, 11) is 0. The molecule has 0 bridgehead atoms. The first-order chi connectivity index (χ1) is 8.87. The number of hydrogen-bond donors (Lipinski definition) is 2. The van der Waals surface area contributed by atoms with E-state index in [1.807, 2.05) is 0 Å². The van der Waals surface area contributed by atoms with Crippen molar-refractivity contribution in [2.24, 2.45) is 5.73 Å². The highest BCUT2D eigenvalue weighted by Gasteiger charge is 2.37. The predicted molar refractivity (Wildman–Crippen MR) is 66.7 cm³/mol. The monoisotopic (exact) mass is 273 g/mol. The molecule has 1 fully saturated rings. The molecule has 1 aliphatic carbocycles. The third-order valence-electron chi connectivity index (χ3n) is 4.11. The van der Waals surface area contributed by atoms with Gasteiger partial charge >= 0.3 is 6.18 Å². The fourth-order valence-corrected chi connectivity index (χ4v) is 2.79. The SMILES string of the molecule is NCC1(c2cccc(C(F)(F)F)c2)CCC(O)CC1. The smallest absolute Gasteiger partial charge is 0.393 e. The quantitative estimate of drug-likeness (QED) is 0.870. The van der Waals surface area contributed by atoms with Crippen molar-refractivity contribution in [1.82, 2.24) is 0 Å². The number of aliphatic hydroxyl groups is 1. The summed E-state index contributed by atoms with van der Waals surface area (Å²) in [4.78, 5) is 0. The van der Waals surface area contributed by atoms with Crippen LogP contribution in [0.2, 0.25) is 0 Å². The minimum Gasteiger partial charge on any atom is -0.393 e. The van der Waals surface area contributed by atoms with Crippen molar-refractivity contribution < 1.29 is 18.3 Å². The van der Waals surface area contributed by atoms with Crippen LogP contribution in [0.25, 0.3) is 0 Å². The largest absolute Gasteiger partial charge is 0.416 e. The van der Waals surface area contributed by atoms with E-state index in [9.17, 15) is 18.3 Å². The van der Waals surface area contributed by atoms with E-state index in [2.05, 4.69) is 0 Å². The molecule has 0 spiro atoms. The van der Waals surface area contributed by atoms with Gasteiger partial charge in [0.15, 0.2) is 0 Å². The van der Waals surface area contributed by atoms with Crippen LogP contribution in [0.5, 0.6) is 0 Å². The van der Waals surface area contributed by atoms with Crippen LogP contribution in [-0.4, -0.2) is 17.8 Å². The van der Waals surface area contributed by atoms with E-state index >= 15 is 0 Å². The Morgan fingerprint density at radius 1 is 1.26 bits per heavy atom. The first kappa shape index (κ1) is 14.3. The first-order valence-corrected chi connectivity index (χ1v) is 6.43. The molecule has 106 valence electrons. The van der Waals surface area contributed by atoms with Crippen molar-refractivity contribution in [1.29, 1.82) is 0 Å². The van der Waals surface area contributed by atoms with Crippen molar-refractivity contribution in [3.05, 3.63) is 35.4 Å². The van der Waals surface area contributed by atoms with E-state index in [0.717, 1.165) is 6.07 Å². The third kappa shape index (κ3) is 2.92. The van der Waals surface area contributed by atoms with Gasteiger partial charge < -0.3 is 10.8 Å². The zero-order chi connectivity index (χ0) is 14.1. The van der Waals surface area contributed by atoms with Crippen LogP contribution < -0.4 is 5.73 Å². The summed E-state index contributed by atoms with van der Waals surface area (Å²) < 4.78 is 38.3. The van der Waals surface area contributed by atoms with E-state index in [4.69, 9.17) is 5.73 Å². The Labute approximate surface area is 110 Å². The molecule has 0 saturated heterocycles. The highest BCUT2D eigenvalue weighted by atomic mass is 19.4. The maximum atomic E-state index is 12.8. The molecular weight excluding hydrogens is 255 g/mol. The third-order valence-corrected chi connectivity index (χ3v) is 4.11. The Balaban J connectivity index is 2.34. The number of benzene rings is 1. The van der Waals surface area contributed by atoms with Gasteiger partial charge in [0.25, 0.3) is 0 Å². The van der Waals surface area contributed by atoms with Crippen molar-refractivity contribution in [2.75, 3.05) is 6.54 Å². The molecule has 19 heavy (non-hydrogen) atoms. The minimum atomic E-state index is -4.33. The second-order valence-corrected chi connectivity index (χ2v) is 5.29. The van der Waals surface area contributed by atoms with Gasteiger partial charge in [0.1, 0.15) is 0 Å². The Kier molecular flexibility index (Phi) is 3.87. The Bertz CT molecular complexity index is 437. The molecule has 5 heteroatoms. The van der Waals surface area contributed by atoms with Crippen LogP contribution >= 0.6 is 0 Å². The molecule has 0 heterocycles. The van der Waals surface area contributed by atoms with E-state index in [0.29, 0.717) is 37.8 Å². The fourth-order valence-electron chi connectivity index (χ4n) is 2.79. The van der Waals surface area contributed by atoms with Gasteiger partial charge in [0.2, 0.25) is 0 Å². The maximum Gasteiger partial charge on any atom is 0.416 e. The topological polar surface area (TPSA) is 46.2 Å². The van der Waals surface area contributed by atoms with Gasteiger partial charge in [-0.3, -0.25) is 0 Å². The summed E-state index contributed by atoms with van der Waals surface area (Å²) in [6, 6.07) is 5.41. The number of halogens is 3.